The fourth-order valence-electron chi connectivity index (χ4n) is 2.41. The molecule has 2 nitrogen and oxygen atoms in total. The molecule has 2 heteroatoms. The number of aliphatic hydroxyl groups is 1. The Hall–Kier alpha value is -0.860. The molecule has 1 aromatic rings. The number of rotatable bonds is 5. The van der Waals surface area contributed by atoms with E-state index in [9.17, 15) is 0 Å². The van der Waals surface area contributed by atoms with Gasteiger partial charge in [0, 0.05) is 18.6 Å². The first-order valence-electron chi connectivity index (χ1n) is 6.04. The first kappa shape index (κ1) is 13.2. The standard InChI is InChI=1S/C14H23NO/c1-4-13(15)12(8-9-16)14-10(2)6-5-7-11(14)3/h5-7,12-13,16H,4,8-9,15H2,1-3H3. The zero-order valence-electron chi connectivity index (χ0n) is 10.5. The average Bonchev–Trinajstić information content (AvgIpc) is 2.26. The molecule has 0 aliphatic rings. The molecule has 0 radical (unpaired) electrons. The van der Waals surface area contributed by atoms with Crippen LogP contribution in [0.4, 0.5) is 0 Å². The molecule has 0 aromatic heterocycles. The molecule has 1 rings (SSSR count). The highest BCUT2D eigenvalue weighted by atomic mass is 16.3. The Bertz CT molecular complexity index is 315. The Morgan fingerprint density at radius 1 is 1.25 bits per heavy atom. The quantitative estimate of drug-likeness (QED) is 0.802. The Labute approximate surface area is 98.5 Å². The molecule has 0 fully saturated rings. The maximum atomic E-state index is 9.17. The number of hydrogen-bond donors (Lipinski definition) is 2. The van der Waals surface area contributed by atoms with Gasteiger partial charge in [-0.1, -0.05) is 25.1 Å². The minimum atomic E-state index is 0.131. The number of benzene rings is 1. The summed E-state index contributed by atoms with van der Waals surface area (Å²) in [5, 5.41) is 9.17. The zero-order chi connectivity index (χ0) is 12.1. The van der Waals surface area contributed by atoms with Crippen molar-refractivity contribution in [3.63, 3.8) is 0 Å². The van der Waals surface area contributed by atoms with Crippen molar-refractivity contribution >= 4 is 0 Å². The molecule has 0 aliphatic carbocycles. The van der Waals surface area contributed by atoms with Crippen LogP contribution in [0.25, 0.3) is 0 Å². The van der Waals surface area contributed by atoms with E-state index >= 15 is 0 Å². The molecule has 3 N–H and O–H groups in total. The van der Waals surface area contributed by atoms with E-state index in [1.165, 1.54) is 16.7 Å². The minimum Gasteiger partial charge on any atom is -0.396 e. The van der Waals surface area contributed by atoms with Gasteiger partial charge >= 0.3 is 0 Å². The van der Waals surface area contributed by atoms with Gasteiger partial charge in [0.2, 0.25) is 0 Å². The summed E-state index contributed by atoms with van der Waals surface area (Å²) in [5.41, 5.74) is 10.0. The third-order valence-electron chi connectivity index (χ3n) is 3.34. The highest BCUT2D eigenvalue weighted by Crippen LogP contribution is 2.29. The van der Waals surface area contributed by atoms with Gasteiger partial charge in [0.05, 0.1) is 0 Å². The summed E-state index contributed by atoms with van der Waals surface area (Å²) in [5.74, 6) is 0.274. The lowest BCUT2D eigenvalue weighted by Gasteiger charge is -2.26. The van der Waals surface area contributed by atoms with Gasteiger partial charge in [-0.05, 0) is 43.4 Å². The summed E-state index contributed by atoms with van der Waals surface area (Å²) in [6, 6.07) is 6.44. The molecule has 0 bridgehead atoms. The summed E-state index contributed by atoms with van der Waals surface area (Å²) in [4.78, 5) is 0. The van der Waals surface area contributed by atoms with E-state index in [-0.39, 0.29) is 18.6 Å². The normalized spacial score (nSPS) is 14.8. The Balaban J connectivity index is 3.09. The Kier molecular flexibility index (Phi) is 4.97. The van der Waals surface area contributed by atoms with Gasteiger partial charge in [0.1, 0.15) is 0 Å². The topological polar surface area (TPSA) is 46.2 Å². The van der Waals surface area contributed by atoms with Crippen molar-refractivity contribution in [2.24, 2.45) is 5.73 Å². The van der Waals surface area contributed by atoms with Crippen LogP contribution in [0.5, 0.6) is 0 Å². The highest BCUT2D eigenvalue weighted by molar-refractivity contribution is 5.37. The largest absolute Gasteiger partial charge is 0.396 e. The molecule has 0 heterocycles. The van der Waals surface area contributed by atoms with Crippen LogP contribution in [0.1, 0.15) is 42.4 Å². The smallest absolute Gasteiger partial charge is 0.0437 e. The molecule has 2 unspecified atom stereocenters. The molecule has 0 saturated heterocycles. The van der Waals surface area contributed by atoms with Crippen LogP contribution in [-0.2, 0) is 0 Å². The highest BCUT2D eigenvalue weighted by Gasteiger charge is 2.21. The van der Waals surface area contributed by atoms with Crippen molar-refractivity contribution in [2.45, 2.75) is 45.6 Å². The van der Waals surface area contributed by atoms with E-state index in [4.69, 9.17) is 10.8 Å². The third-order valence-corrected chi connectivity index (χ3v) is 3.34. The maximum Gasteiger partial charge on any atom is 0.0437 e. The Morgan fingerprint density at radius 3 is 2.25 bits per heavy atom. The second-order valence-corrected chi connectivity index (χ2v) is 4.50. The second-order valence-electron chi connectivity index (χ2n) is 4.50. The number of nitrogens with two attached hydrogens (primary N) is 1. The van der Waals surface area contributed by atoms with E-state index in [1.54, 1.807) is 0 Å². The van der Waals surface area contributed by atoms with Crippen molar-refractivity contribution in [3.8, 4) is 0 Å². The van der Waals surface area contributed by atoms with Crippen LogP contribution >= 0.6 is 0 Å². The molecule has 90 valence electrons. The van der Waals surface area contributed by atoms with Gasteiger partial charge in [0.25, 0.3) is 0 Å². The van der Waals surface area contributed by atoms with Gasteiger partial charge in [-0.25, -0.2) is 0 Å². The summed E-state index contributed by atoms with van der Waals surface area (Å²) in [6.45, 7) is 6.54. The van der Waals surface area contributed by atoms with Crippen LogP contribution in [0.15, 0.2) is 18.2 Å². The third kappa shape index (κ3) is 2.83. The maximum absolute atomic E-state index is 9.17. The second kappa shape index (κ2) is 6.02. The summed E-state index contributed by atoms with van der Waals surface area (Å²) in [6.07, 6.45) is 1.69. The lowest BCUT2D eigenvalue weighted by atomic mass is 9.83. The van der Waals surface area contributed by atoms with Crippen LogP contribution in [0.3, 0.4) is 0 Å². The van der Waals surface area contributed by atoms with Crippen molar-refractivity contribution in [1.29, 1.82) is 0 Å². The molecule has 0 saturated carbocycles. The first-order chi connectivity index (χ1) is 7.61. The van der Waals surface area contributed by atoms with Crippen LogP contribution < -0.4 is 5.73 Å². The van der Waals surface area contributed by atoms with Gasteiger partial charge in [-0.3, -0.25) is 0 Å². The molecule has 2 atom stereocenters. The van der Waals surface area contributed by atoms with Gasteiger partial charge in [-0.15, -0.1) is 0 Å². The predicted octanol–water partition coefficient (Wildman–Crippen LogP) is 2.51. The summed E-state index contributed by atoms with van der Waals surface area (Å²) in [7, 11) is 0. The number of hydrogen-bond acceptors (Lipinski definition) is 2. The van der Waals surface area contributed by atoms with E-state index in [0.717, 1.165) is 12.8 Å². The molecule has 0 aliphatic heterocycles. The molecule has 0 amide bonds. The molecule has 1 aromatic carbocycles. The lowest BCUT2D eigenvalue weighted by molar-refractivity contribution is 0.265. The van der Waals surface area contributed by atoms with Crippen LogP contribution in [0, 0.1) is 13.8 Å². The number of aryl methyl sites for hydroxylation is 2. The van der Waals surface area contributed by atoms with Gasteiger partial charge in [0.15, 0.2) is 0 Å². The summed E-state index contributed by atoms with van der Waals surface area (Å²) >= 11 is 0. The van der Waals surface area contributed by atoms with Crippen molar-refractivity contribution in [2.75, 3.05) is 6.61 Å². The van der Waals surface area contributed by atoms with E-state index < -0.39 is 0 Å². The minimum absolute atomic E-state index is 0.131. The van der Waals surface area contributed by atoms with Gasteiger partial charge < -0.3 is 10.8 Å². The predicted molar refractivity (Wildman–Crippen MR) is 68.6 cm³/mol. The Morgan fingerprint density at radius 2 is 1.81 bits per heavy atom. The molecule has 16 heavy (non-hydrogen) atoms. The van der Waals surface area contributed by atoms with E-state index in [2.05, 4.69) is 39.0 Å². The van der Waals surface area contributed by atoms with Crippen molar-refractivity contribution in [1.82, 2.24) is 0 Å². The van der Waals surface area contributed by atoms with Gasteiger partial charge in [-0.2, -0.15) is 0 Å². The van der Waals surface area contributed by atoms with Crippen molar-refractivity contribution < 1.29 is 5.11 Å². The SMILES string of the molecule is CCC(N)C(CCO)c1c(C)cccc1C. The van der Waals surface area contributed by atoms with Crippen molar-refractivity contribution in [3.05, 3.63) is 34.9 Å². The monoisotopic (exact) mass is 221 g/mol. The molecular formula is C14H23NO. The number of aliphatic hydroxyl groups excluding tert-OH is 1. The van der Waals surface area contributed by atoms with E-state index in [0.29, 0.717) is 0 Å². The molecular weight excluding hydrogens is 198 g/mol. The average molecular weight is 221 g/mol. The molecule has 0 spiro atoms. The first-order valence-corrected chi connectivity index (χ1v) is 6.04. The summed E-state index contributed by atoms with van der Waals surface area (Å²) < 4.78 is 0. The lowest BCUT2D eigenvalue weighted by Crippen LogP contribution is -2.29. The fraction of sp³-hybridized carbons (Fsp3) is 0.571. The van der Waals surface area contributed by atoms with Crippen LogP contribution in [-0.4, -0.2) is 17.8 Å². The van der Waals surface area contributed by atoms with Crippen LogP contribution in [0.2, 0.25) is 0 Å². The van der Waals surface area contributed by atoms with E-state index in [1.807, 2.05) is 0 Å². The fourth-order valence-corrected chi connectivity index (χ4v) is 2.41. The zero-order valence-corrected chi connectivity index (χ0v) is 10.5.